The van der Waals surface area contributed by atoms with E-state index in [2.05, 4.69) is 0 Å². The summed E-state index contributed by atoms with van der Waals surface area (Å²) >= 11 is 0. The Kier molecular flexibility index (Phi) is 4.57. The number of esters is 1. The van der Waals surface area contributed by atoms with Crippen LogP contribution in [0.2, 0.25) is 0 Å². The first-order valence-corrected chi connectivity index (χ1v) is 7.62. The zero-order chi connectivity index (χ0) is 18.7. The number of aromatic hydroxyl groups is 2. The molecule has 0 radical (unpaired) electrons. The third kappa shape index (κ3) is 3.64. The fourth-order valence-corrected chi connectivity index (χ4v) is 2.43. The van der Waals surface area contributed by atoms with Crippen LogP contribution in [0.3, 0.4) is 0 Å². The monoisotopic (exact) mass is 350 g/mol. The van der Waals surface area contributed by atoms with E-state index in [9.17, 15) is 24.9 Å². The molecule has 3 aromatic rings. The lowest BCUT2D eigenvalue weighted by Gasteiger charge is -2.09. The average molecular weight is 350 g/mol. The summed E-state index contributed by atoms with van der Waals surface area (Å²) in [4.78, 5) is 23.5. The molecule has 0 fully saturated rings. The van der Waals surface area contributed by atoms with Gasteiger partial charge < -0.3 is 20.1 Å². The third-order valence-electron chi connectivity index (χ3n) is 3.70. The molecule has 130 valence electrons. The van der Waals surface area contributed by atoms with E-state index in [1.807, 2.05) is 0 Å². The molecule has 3 aromatic carbocycles. The Morgan fingerprint density at radius 2 is 1.69 bits per heavy atom. The number of aromatic carboxylic acids is 1. The number of ether oxygens (including phenoxy) is 1. The minimum Gasteiger partial charge on any atom is -0.508 e. The van der Waals surface area contributed by atoms with Crippen molar-refractivity contribution in [3.63, 3.8) is 0 Å². The number of fused-ring (bicyclic) bond motifs is 1. The van der Waals surface area contributed by atoms with Crippen LogP contribution in [0.25, 0.3) is 16.8 Å². The fraction of sp³-hybridized carbons (Fsp3) is 0. The van der Waals surface area contributed by atoms with Crippen molar-refractivity contribution in [3.05, 3.63) is 71.8 Å². The molecule has 0 aliphatic heterocycles. The first kappa shape index (κ1) is 17.0. The van der Waals surface area contributed by atoms with Crippen molar-refractivity contribution in [2.45, 2.75) is 0 Å². The number of carbonyl (C=O) groups excluding carboxylic acids is 1. The Morgan fingerprint density at radius 1 is 0.962 bits per heavy atom. The molecule has 0 spiro atoms. The van der Waals surface area contributed by atoms with E-state index in [-0.39, 0.29) is 22.8 Å². The molecule has 0 saturated carbocycles. The van der Waals surface area contributed by atoms with Gasteiger partial charge in [-0.2, -0.15) is 0 Å². The molecule has 6 heteroatoms. The summed E-state index contributed by atoms with van der Waals surface area (Å²) in [7, 11) is 0. The van der Waals surface area contributed by atoms with Crippen molar-refractivity contribution in [1.82, 2.24) is 0 Å². The average Bonchev–Trinajstić information content (AvgIpc) is 2.61. The number of carboxylic acids is 1. The maximum atomic E-state index is 12.0. The minimum absolute atomic E-state index is 0.0450. The fourth-order valence-electron chi connectivity index (χ4n) is 2.43. The zero-order valence-electron chi connectivity index (χ0n) is 13.4. The van der Waals surface area contributed by atoms with E-state index in [0.717, 1.165) is 6.08 Å². The highest BCUT2D eigenvalue weighted by atomic mass is 16.5. The number of benzene rings is 3. The number of carboxylic acid groups (broad SMARTS) is 1. The van der Waals surface area contributed by atoms with Crippen molar-refractivity contribution < 1.29 is 29.6 Å². The predicted molar refractivity (Wildman–Crippen MR) is 95.3 cm³/mol. The molecule has 0 atom stereocenters. The van der Waals surface area contributed by atoms with Crippen LogP contribution in [0.5, 0.6) is 17.2 Å². The molecule has 0 aliphatic carbocycles. The molecule has 0 aromatic heterocycles. The molecule has 6 nitrogen and oxygen atoms in total. The number of rotatable bonds is 4. The van der Waals surface area contributed by atoms with Crippen molar-refractivity contribution in [3.8, 4) is 17.2 Å². The van der Waals surface area contributed by atoms with E-state index < -0.39 is 11.9 Å². The van der Waals surface area contributed by atoms with Crippen LogP contribution in [0.1, 0.15) is 15.9 Å². The van der Waals surface area contributed by atoms with Crippen LogP contribution in [-0.2, 0) is 4.79 Å². The summed E-state index contributed by atoms with van der Waals surface area (Å²) in [5.41, 5.74) is 0.476. The second-order valence-electron chi connectivity index (χ2n) is 5.50. The van der Waals surface area contributed by atoms with Crippen LogP contribution in [0.4, 0.5) is 0 Å². The van der Waals surface area contributed by atoms with Gasteiger partial charge in [-0.1, -0.05) is 24.3 Å². The SMILES string of the molecule is O=C(/C=C/c1ccc(O)cc1)Oc1cc2c(O)cccc2cc1C(=O)O. The van der Waals surface area contributed by atoms with Gasteiger partial charge in [-0.05, 0) is 47.4 Å². The molecule has 3 rings (SSSR count). The number of phenolic OH excluding ortho intramolecular Hbond substituents is 2. The van der Waals surface area contributed by atoms with Gasteiger partial charge in [-0.25, -0.2) is 9.59 Å². The van der Waals surface area contributed by atoms with E-state index >= 15 is 0 Å². The number of carbonyl (C=O) groups is 2. The minimum atomic E-state index is -1.25. The standard InChI is InChI=1S/C20H14O6/c21-14-7-4-12(5-8-14)6-9-19(23)26-18-11-15-13(2-1-3-17(15)22)10-16(18)20(24)25/h1-11,21-22H,(H,24,25)/b9-6+. The smallest absolute Gasteiger partial charge is 0.339 e. The highest BCUT2D eigenvalue weighted by Crippen LogP contribution is 2.31. The third-order valence-corrected chi connectivity index (χ3v) is 3.70. The van der Waals surface area contributed by atoms with Crippen molar-refractivity contribution in [2.75, 3.05) is 0 Å². The molecule has 26 heavy (non-hydrogen) atoms. The number of hydrogen-bond acceptors (Lipinski definition) is 5. The summed E-state index contributed by atoms with van der Waals surface area (Å²) in [6.45, 7) is 0. The van der Waals surface area contributed by atoms with Crippen molar-refractivity contribution in [1.29, 1.82) is 0 Å². The van der Waals surface area contributed by atoms with Crippen LogP contribution < -0.4 is 4.74 Å². The molecular weight excluding hydrogens is 336 g/mol. The normalized spacial score (nSPS) is 10.9. The quantitative estimate of drug-likeness (QED) is 0.377. The van der Waals surface area contributed by atoms with Crippen LogP contribution in [0, 0.1) is 0 Å². The molecule has 3 N–H and O–H groups in total. The first-order chi connectivity index (χ1) is 12.4. The van der Waals surface area contributed by atoms with E-state index in [4.69, 9.17) is 4.74 Å². The Hall–Kier alpha value is -3.80. The second kappa shape index (κ2) is 6.98. The van der Waals surface area contributed by atoms with Gasteiger partial charge in [0, 0.05) is 11.5 Å². The Morgan fingerprint density at radius 3 is 2.38 bits per heavy atom. The lowest BCUT2D eigenvalue weighted by Crippen LogP contribution is -2.08. The van der Waals surface area contributed by atoms with E-state index in [1.165, 1.54) is 36.4 Å². The zero-order valence-corrected chi connectivity index (χ0v) is 13.4. The summed E-state index contributed by atoms with van der Waals surface area (Å²) < 4.78 is 5.15. The van der Waals surface area contributed by atoms with Gasteiger partial charge in [0.2, 0.25) is 0 Å². The van der Waals surface area contributed by atoms with Gasteiger partial charge in [0.25, 0.3) is 0 Å². The van der Waals surface area contributed by atoms with Gasteiger partial charge in [0.1, 0.15) is 22.8 Å². The van der Waals surface area contributed by atoms with Crippen LogP contribution >= 0.6 is 0 Å². The van der Waals surface area contributed by atoms with Gasteiger partial charge in [0.05, 0.1) is 0 Å². The predicted octanol–water partition coefficient (Wildman–Crippen LogP) is 3.57. The molecule has 0 saturated heterocycles. The van der Waals surface area contributed by atoms with Crippen LogP contribution in [0.15, 0.2) is 60.7 Å². The largest absolute Gasteiger partial charge is 0.508 e. The van der Waals surface area contributed by atoms with Gasteiger partial charge in [-0.3, -0.25) is 0 Å². The second-order valence-corrected chi connectivity index (χ2v) is 5.50. The van der Waals surface area contributed by atoms with E-state index in [1.54, 1.807) is 24.3 Å². The summed E-state index contributed by atoms with van der Waals surface area (Å²) in [6, 6.07) is 13.5. The number of phenols is 2. The Balaban J connectivity index is 1.90. The highest BCUT2D eigenvalue weighted by molar-refractivity contribution is 6.01. The maximum Gasteiger partial charge on any atom is 0.339 e. The van der Waals surface area contributed by atoms with Gasteiger partial charge >= 0.3 is 11.9 Å². The lowest BCUT2D eigenvalue weighted by molar-refractivity contribution is -0.128. The summed E-state index contributed by atoms with van der Waals surface area (Å²) in [5.74, 6) is -2.12. The van der Waals surface area contributed by atoms with Crippen molar-refractivity contribution >= 4 is 28.8 Å². The molecule has 0 aliphatic rings. The van der Waals surface area contributed by atoms with Crippen molar-refractivity contribution in [2.24, 2.45) is 0 Å². The highest BCUT2D eigenvalue weighted by Gasteiger charge is 2.16. The first-order valence-electron chi connectivity index (χ1n) is 7.62. The molecule has 0 amide bonds. The van der Waals surface area contributed by atoms with Gasteiger partial charge in [-0.15, -0.1) is 0 Å². The maximum absolute atomic E-state index is 12.0. The van der Waals surface area contributed by atoms with Gasteiger partial charge in [0.15, 0.2) is 0 Å². The summed E-state index contributed by atoms with van der Waals surface area (Å²) in [6.07, 6.45) is 2.62. The Bertz CT molecular complexity index is 1020. The molecule has 0 unspecified atom stereocenters. The topological polar surface area (TPSA) is 104 Å². The van der Waals surface area contributed by atoms with E-state index in [0.29, 0.717) is 16.3 Å². The van der Waals surface area contributed by atoms with Crippen LogP contribution in [-0.4, -0.2) is 27.3 Å². The number of hydrogen-bond donors (Lipinski definition) is 3. The molecular formula is C20H14O6. The Labute approximate surface area is 148 Å². The lowest BCUT2D eigenvalue weighted by atomic mass is 10.0. The molecule has 0 bridgehead atoms. The molecule has 0 heterocycles. The summed E-state index contributed by atoms with van der Waals surface area (Å²) in [5, 5.41) is 29.4.